The van der Waals surface area contributed by atoms with Gasteiger partial charge in [0.15, 0.2) is 0 Å². The number of likely N-dealkylation sites (N-methyl/N-ethyl adjacent to an activating group) is 2. The van der Waals surface area contributed by atoms with Crippen molar-refractivity contribution >= 4 is 35.1 Å². The van der Waals surface area contributed by atoms with Gasteiger partial charge in [-0.1, -0.05) is 35.9 Å². The lowest BCUT2D eigenvalue weighted by Crippen LogP contribution is -2.45. The highest BCUT2D eigenvalue weighted by Gasteiger charge is 2.21. The molecule has 0 bridgehead atoms. The molecule has 4 heterocycles. The molecule has 4 N–H and O–H groups in total. The zero-order valence-electron chi connectivity index (χ0n) is 24.6. The third-order valence-corrected chi connectivity index (χ3v) is 7.97. The molecule has 2 fully saturated rings. The van der Waals surface area contributed by atoms with E-state index >= 15 is 0 Å². The van der Waals surface area contributed by atoms with Crippen LogP contribution in [0.5, 0.6) is 0 Å². The fourth-order valence-electron chi connectivity index (χ4n) is 5.13. The van der Waals surface area contributed by atoms with Crippen molar-refractivity contribution in [2.45, 2.75) is 6.42 Å². The van der Waals surface area contributed by atoms with Gasteiger partial charge < -0.3 is 31.1 Å². The number of nitrogens with two attached hydrogens (primary N) is 2. The minimum absolute atomic E-state index is 0.225. The molecule has 2 saturated heterocycles. The van der Waals surface area contributed by atoms with Gasteiger partial charge in [-0.25, -0.2) is 14.4 Å². The third-order valence-electron chi connectivity index (χ3n) is 7.72. The number of halogens is 2. The van der Waals surface area contributed by atoms with E-state index in [1.165, 1.54) is 12.1 Å². The molecule has 0 spiro atoms. The number of piperazine rings is 2. The quantitative estimate of drug-likeness (QED) is 0.349. The summed E-state index contributed by atoms with van der Waals surface area (Å²) in [5.41, 5.74) is 15.6. The normalized spacial score (nSPS) is 16.1. The zero-order valence-corrected chi connectivity index (χ0v) is 25.4. The van der Waals surface area contributed by atoms with E-state index < -0.39 is 0 Å². The minimum Gasteiger partial charge on any atom is -0.368 e. The lowest BCUT2D eigenvalue weighted by molar-refractivity contribution is 0.312. The summed E-state index contributed by atoms with van der Waals surface area (Å²) in [5, 5.41) is 0.719. The van der Waals surface area contributed by atoms with Gasteiger partial charge in [0.05, 0.1) is 0 Å². The van der Waals surface area contributed by atoms with E-state index in [4.69, 9.17) is 23.1 Å². The summed E-state index contributed by atoms with van der Waals surface area (Å²) >= 11 is 5.96. The van der Waals surface area contributed by atoms with Crippen molar-refractivity contribution < 1.29 is 4.39 Å². The van der Waals surface area contributed by atoms with Crippen molar-refractivity contribution in [1.82, 2.24) is 29.7 Å². The third kappa shape index (κ3) is 8.07. The van der Waals surface area contributed by atoms with Crippen LogP contribution in [0.3, 0.4) is 0 Å². The number of nitrogens with zero attached hydrogens (tertiary/aromatic N) is 8. The lowest BCUT2D eigenvalue weighted by atomic mass is 10.1. The molecule has 0 unspecified atom stereocenters. The van der Waals surface area contributed by atoms with E-state index in [0.29, 0.717) is 12.4 Å². The molecule has 0 atom stereocenters. The Morgan fingerprint density at radius 1 is 0.698 bits per heavy atom. The molecule has 2 aromatic heterocycles. The Balaban J connectivity index is 0.000000171. The maximum absolute atomic E-state index is 13.0. The first-order valence-electron chi connectivity index (χ1n) is 14.4. The maximum Gasteiger partial charge on any atom is 0.221 e. The first kappa shape index (κ1) is 30.4. The standard InChI is InChI=1S/C16H20FN5.C15H18ClN5/c1-21-6-8-22(9-7-21)15-13(11-19-16(18)20-15)10-12-2-4-14(17)5-3-12;1-20-6-8-21(9-7-20)14-13(10-18-15(17)19-14)11-2-4-12(16)5-3-11/h2-5,11H,6-10H2,1H3,(H2,18,19,20);2-5,10H,6-9H2,1H3,(H2,17,18,19). The fourth-order valence-corrected chi connectivity index (χ4v) is 5.25. The Morgan fingerprint density at radius 2 is 1.21 bits per heavy atom. The first-order chi connectivity index (χ1) is 20.7. The number of hydrogen-bond donors (Lipinski definition) is 2. The van der Waals surface area contributed by atoms with Crippen LogP contribution in [0, 0.1) is 5.82 Å². The molecule has 12 heteroatoms. The summed E-state index contributed by atoms with van der Waals surface area (Å²) in [5.74, 6) is 2.16. The van der Waals surface area contributed by atoms with Gasteiger partial charge >= 0.3 is 0 Å². The Morgan fingerprint density at radius 3 is 1.79 bits per heavy atom. The largest absolute Gasteiger partial charge is 0.368 e. The van der Waals surface area contributed by atoms with E-state index in [2.05, 4.69) is 53.6 Å². The molecule has 6 rings (SSSR count). The van der Waals surface area contributed by atoms with E-state index in [0.717, 1.165) is 91.3 Å². The summed E-state index contributed by atoms with van der Waals surface area (Å²) < 4.78 is 13.0. The van der Waals surface area contributed by atoms with Gasteiger partial charge in [-0.05, 0) is 49.5 Å². The molecule has 226 valence electrons. The Bertz CT molecular complexity index is 1490. The van der Waals surface area contributed by atoms with Gasteiger partial charge in [0.1, 0.15) is 17.5 Å². The highest BCUT2D eigenvalue weighted by atomic mass is 35.5. The smallest absolute Gasteiger partial charge is 0.221 e. The van der Waals surface area contributed by atoms with E-state index in [9.17, 15) is 4.39 Å². The van der Waals surface area contributed by atoms with Crippen LogP contribution in [-0.2, 0) is 6.42 Å². The molecular weight excluding hydrogens is 567 g/mol. The molecule has 2 aliphatic heterocycles. The molecule has 0 saturated carbocycles. The molecule has 2 aliphatic rings. The Hall–Kier alpha value is -4.06. The molecule has 2 aromatic carbocycles. The molecule has 10 nitrogen and oxygen atoms in total. The summed E-state index contributed by atoms with van der Waals surface area (Å²) in [6.07, 6.45) is 4.24. The van der Waals surface area contributed by atoms with Crippen LogP contribution in [-0.4, -0.2) is 96.2 Å². The van der Waals surface area contributed by atoms with Crippen LogP contribution >= 0.6 is 11.6 Å². The topological polar surface area (TPSA) is 117 Å². The highest BCUT2D eigenvalue weighted by molar-refractivity contribution is 6.30. The highest BCUT2D eigenvalue weighted by Crippen LogP contribution is 2.30. The van der Waals surface area contributed by atoms with Crippen molar-refractivity contribution in [3.63, 3.8) is 0 Å². The van der Waals surface area contributed by atoms with Crippen LogP contribution in [0.2, 0.25) is 5.02 Å². The van der Waals surface area contributed by atoms with Crippen LogP contribution in [0.25, 0.3) is 11.1 Å². The van der Waals surface area contributed by atoms with Crippen LogP contribution in [0.1, 0.15) is 11.1 Å². The molecule has 4 aromatic rings. The van der Waals surface area contributed by atoms with E-state index in [-0.39, 0.29) is 11.8 Å². The monoisotopic (exact) mass is 604 g/mol. The molecule has 0 radical (unpaired) electrons. The number of rotatable bonds is 5. The van der Waals surface area contributed by atoms with Gasteiger partial charge in [-0.3, -0.25) is 0 Å². The van der Waals surface area contributed by atoms with Crippen molar-refractivity contribution in [1.29, 1.82) is 0 Å². The second-order valence-electron chi connectivity index (χ2n) is 10.9. The number of benzene rings is 2. The molecular formula is C31H38ClFN10. The first-order valence-corrected chi connectivity index (χ1v) is 14.7. The summed E-state index contributed by atoms with van der Waals surface area (Å²) in [6.45, 7) is 7.75. The average Bonchev–Trinajstić information content (AvgIpc) is 3.01. The second kappa shape index (κ2) is 13.9. The molecule has 0 aliphatic carbocycles. The fraction of sp³-hybridized carbons (Fsp3) is 0.355. The van der Waals surface area contributed by atoms with Crippen LogP contribution in [0.4, 0.5) is 27.9 Å². The number of hydrogen-bond acceptors (Lipinski definition) is 10. The number of anilines is 4. The summed E-state index contributed by atoms with van der Waals surface area (Å²) in [7, 11) is 4.25. The molecule has 0 amide bonds. The van der Waals surface area contributed by atoms with E-state index in [1.54, 1.807) is 24.5 Å². The van der Waals surface area contributed by atoms with E-state index in [1.807, 2.05) is 24.3 Å². The zero-order chi connectivity index (χ0) is 30.3. The van der Waals surface area contributed by atoms with Crippen LogP contribution in [0.15, 0.2) is 60.9 Å². The predicted molar refractivity (Wildman–Crippen MR) is 172 cm³/mol. The number of nitrogen functional groups attached to an aromatic ring is 2. The molecule has 43 heavy (non-hydrogen) atoms. The van der Waals surface area contributed by atoms with Gasteiger partial charge in [-0.2, -0.15) is 9.97 Å². The summed E-state index contributed by atoms with van der Waals surface area (Å²) in [4.78, 5) is 26.3. The SMILES string of the molecule is CN1CCN(c2nc(N)ncc2-c2ccc(Cl)cc2)CC1.CN1CCN(c2nc(N)ncc2Cc2ccc(F)cc2)CC1. The van der Waals surface area contributed by atoms with Crippen molar-refractivity contribution in [3.05, 3.63) is 82.9 Å². The number of aromatic nitrogens is 4. The summed E-state index contributed by atoms with van der Waals surface area (Å²) in [6, 6.07) is 14.3. The van der Waals surface area contributed by atoms with Crippen LogP contribution < -0.4 is 21.3 Å². The maximum atomic E-state index is 13.0. The predicted octanol–water partition coefficient (Wildman–Crippen LogP) is 3.67. The van der Waals surface area contributed by atoms with Gasteiger partial charge in [0, 0.05) is 87.3 Å². The lowest BCUT2D eigenvalue weighted by Gasteiger charge is -2.34. The van der Waals surface area contributed by atoms with Gasteiger partial charge in [0.2, 0.25) is 11.9 Å². The average molecular weight is 605 g/mol. The van der Waals surface area contributed by atoms with Gasteiger partial charge in [0.25, 0.3) is 0 Å². The minimum atomic E-state index is -0.225. The van der Waals surface area contributed by atoms with Crippen molar-refractivity contribution in [2.24, 2.45) is 0 Å². The van der Waals surface area contributed by atoms with Crippen molar-refractivity contribution in [2.75, 3.05) is 87.7 Å². The van der Waals surface area contributed by atoms with Crippen molar-refractivity contribution in [3.8, 4) is 11.1 Å². The van der Waals surface area contributed by atoms with Gasteiger partial charge in [-0.15, -0.1) is 0 Å². The Labute approximate surface area is 257 Å². The Kier molecular flexibility index (Phi) is 9.86. The second-order valence-corrected chi connectivity index (χ2v) is 11.4.